The van der Waals surface area contributed by atoms with Crippen LogP contribution in [0.4, 0.5) is 0 Å². The first-order valence-corrected chi connectivity index (χ1v) is 11.6. The first-order chi connectivity index (χ1) is 11.9. The lowest BCUT2D eigenvalue weighted by Gasteiger charge is -2.25. The van der Waals surface area contributed by atoms with Crippen molar-refractivity contribution in [2.45, 2.75) is 9.79 Å². The van der Waals surface area contributed by atoms with Crippen LogP contribution in [0.5, 0.6) is 0 Å². The molecule has 1 aliphatic rings. The summed E-state index contributed by atoms with van der Waals surface area (Å²) < 4.78 is 55.8. The minimum atomic E-state index is -3.94. The molecule has 140 valence electrons. The number of nitrogens with zero attached hydrogens (tertiary/aromatic N) is 2. The van der Waals surface area contributed by atoms with Gasteiger partial charge in [0.05, 0.1) is 9.79 Å². The van der Waals surface area contributed by atoms with Crippen LogP contribution in [0.15, 0.2) is 86.4 Å². The summed E-state index contributed by atoms with van der Waals surface area (Å²) in [5.74, 6) is 0.234. The first kappa shape index (κ1) is 20.5. The molecule has 26 heavy (non-hydrogen) atoms. The Hall–Kier alpha value is -1.85. The third-order valence-electron chi connectivity index (χ3n) is 3.44. The Balaban J connectivity index is 0.00000243. The predicted octanol–water partition coefficient (Wildman–Crippen LogP) is 1.53. The van der Waals surface area contributed by atoms with Gasteiger partial charge in [-0.05, 0) is 24.3 Å². The van der Waals surface area contributed by atoms with Gasteiger partial charge in [-0.25, -0.2) is 8.42 Å². The molecule has 0 amide bonds. The first-order valence-electron chi connectivity index (χ1n) is 7.38. The zero-order chi connectivity index (χ0) is 17.9. The van der Waals surface area contributed by atoms with Gasteiger partial charge in [-0.2, -0.15) is 8.42 Å². The molecular weight excluding hydrogens is 396 g/mol. The number of benzene rings is 2. The molecule has 0 saturated carbocycles. The summed E-state index contributed by atoms with van der Waals surface area (Å²) in [5.41, 5.74) is 0. The molecule has 10 heteroatoms. The minimum absolute atomic E-state index is 0. The van der Waals surface area contributed by atoms with Gasteiger partial charge in [0.2, 0.25) is 0 Å². The van der Waals surface area contributed by atoms with Crippen LogP contribution in [0.3, 0.4) is 0 Å². The normalized spacial score (nSPS) is 18.4. The lowest BCUT2D eigenvalue weighted by molar-refractivity contribution is 0.553. The smallest absolute Gasteiger partial charge is 0.289 e. The Morgan fingerprint density at radius 3 is 1.92 bits per heavy atom. The maximum Gasteiger partial charge on any atom is 0.289 e. The van der Waals surface area contributed by atoms with Gasteiger partial charge in [-0.1, -0.05) is 48.6 Å². The summed E-state index contributed by atoms with van der Waals surface area (Å²) in [6.45, 7) is 0.0914. The fraction of sp³-hybridized carbons (Fsp3) is 0.125. The Kier molecular flexibility index (Phi) is 6.48. The van der Waals surface area contributed by atoms with E-state index in [1.807, 2.05) is 0 Å². The Morgan fingerprint density at radius 1 is 0.808 bits per heavy atom. The topological polar surface area (TPSA) is 115 Å². The molecule has 2 N–H and O–H groups in total. The largest absolute Gasteiger partial charge is 0.412 e. The Bertz CT molecular complexity index is 1020. The van der Waals surface area contributed by atoms with Gasteiger partial charge >= 0.3 is 0 Å². The van der Waals surface area contributed by atoms with Crippen molar-refractivity contribution in [3.8, 4) is 0 Å². The van der Waals surface area contributed by atoms with Crippen LogP contribution >= 0.6 is 0 Å². The van der Waals surface area contributed by atoms with Crippen molar-refractivity contribution in [3.05, 3.63) is 72.8 Å². The van der Waals surface area contributed by atoms with Gasteiger partial charge in [-0.3, -0.25) is 0 Å². The van der Waals surface area contributed by atoms with E-state index in [4.69, 9.17) is 0 Å². The highest BCUT2D eigenvalue weighted by atomic mass is 32.3. The van der Waals surface area contributed by atoms with Crippen molar-refractivity contribution in [3.63, 3.8) is 0 Å². The Morgan fingerprint density at radius 2 is 1.35 bits per heavy atom. The summed E-state index contributed by atoms with van der Waals surface area (Å²) in [5, 5.41) is 0. The van der Waals surface area contributed by atoms with E-state index < -0.39 is 30.9 Å². The third kappa shape index (κ3) is 4.27. The molecule has 0 bridgehead atoms. The van der Waals surface area contributed by atoms with E-state index in [2.05, 4.69) is 3.77 Å². The van der Waals surface area contributed by atoms with Crippen molar-refractivity contribution < 1.29 is 22.3 Å². The van der Waals surface area contributed by atoms with Crippen molar-refractivity contribution in [2.24, 2.45) is 3.77 Å². The number of hydrogen-bond donors (Lipinski definition) is 0. The third-order valence-corrected chi connectivity index (χ3v) is 9.54. The average molecular weight is 415 g/mol. The SMILES string of the molecule is O.O=S(=O)(/N=S1\CC=CCN1S(=O)(=O)c1ccccc1)c1ccccc1. The lowest BCUT2D eigenvalue weighted by Crippen LogP contribution is -2.36. The molecule has 7 nitrogen and oxygen atoms in total. The molecule has 1 unspecified atom stereocenters. The molecule has 3 rings (SSSR count). The molecule has 1 aliphatic heterocycles. The van der Waals surface area contributed by atoms with Crippen molar-refractivity contribution in [1.82, 2.24) is 3.71 Å². The highest BCUT2D eigenvalue weighted by molar-refractivity contribution is 8.06. The lowest BCUT2D eigenvalue weighted by atomic mass is 10.4. The second-order valence-corrected chi connectivity index (χ2v) is 10.7. The maximum absolute atomic E-state index is 12.9. The standard InChI is InChI=1S/C16H16N2O4S3.H2O/c19-24(20,15-9-3-1-4-10-15)17-23-14-8-7-13-18(23)25(21,22)16-11-5-2-6-12-16;/h1-12H,13-14H2;1H2. The average Bonchev–Trinajstić information content (AvgIpc) is 2.63. The molecule has 0 spiro atoms. The van der Waals surface area contributed by atoms with Crippen molar-refractivity contribution >= 4 is 30.9 Å². The zero-order valence-electron chi connectivity index (χ0n) is 13.6. The number of sulfonamides is 2. The van der Waals surface area contributed by atoms with Gasteiger partial charge in [-0.15, -0.1) is 7.48 Å². The van der Waals surface area contributed by atoms with Crippen molar-refractivity contribution in [1.29, 1.82) is 0 Å². The van der Waals surface area contributed by atoms with Gasteiger partial charge in [0.1, 0.15) is 0 Å². The zero-order valence-corrected chi connectivity index (χ0v) is 16.0. The second kappa shape index (κ2) is 8.23. The number of hydrogen-bond acceptors (Lipinski definition) is 4. The van der Waals surface area contributed by atoms with E-state index in [-0.39, 0.29) is 27.6 Å². The molecule has 1 atom stereocenters. The summed E-state index contributed by atoms with van der Waals surface area (Å²) in [7, 11) is -9.09. The van der Waals surface area contributed by atoms with Crippen LogP contribution in [0.25, 0.3) is 0 Å². The highest BCUT2D eigenvalue weighted by Crippen LogP contribution is 2.23. The quantitative estimate of drug-likeness (QED) is 0.705. The molecule has 0 radical (unpaired) electrons. The molecule has 2 aromatic rings. The molecular formula is C16H18N2O5S3. The molecule has 0 fully saturated rings. The number of rotatable bonds is 4. The van der Waals surface area contributed by atoms with Crippen molar-refractivity contribution in [2.75, 3.05) is 12.3 Å². The minimum Gasteiger partial charge on any atom is -0.412 e. The van der Waals surface area contributed by atoms with Crippen LogP contribution in [0, 0.1) is 0 Å². The van der Waals surface area contributed by atoms with Crippen LogP contribution < -0.4 is 0 Å². The van der Waals surface area contributed by atoms with E-state index in [1.165, 1.54) is 24.3 Å². The van der Waals surface area contributed by atoms with Crippen LogP contribution in [0.2, 0.25) is 0 Å². The second-order valence-electron chi connectivity index (χ2n) is 5.14. The molecule has 0 aromatic heterocycles. The monoisotopic (exact) mass is 414 g/mol. The van der Waals surface area contributed by atoms with Gasteiger partial charge < -0.3 is 5.48 Å². The van der Waals surface area contributed by atoms with Crippen LogP contribution in [-0.4, -0.2) is 38.3 Å². The summed E-state index contributed by atoms with van der Waals surface area (Å²) in [4.78, 5) is 0.171. The highest BCUT2D eigenvalue weighted by Gasteiger charge is 2.30. The van der Waals surface area contributed by atoms with Gasteiger partial charge in [0, 0.05) is 23.2 Å². The molecule has 1 heterocycles. The molecule has 2 aromatic carbocycles. The fourth-order valence-corrected chi connectivity index (χ4v) is 7.86. The summed E-state index contributed by atoms with van der Waals surface area (Å²) in [6, 6.07) is 15.7. The van der Waals surface area contributed by atoms with E-state index >= 15 is 0 Å². The van der Waals surface area contributed by atoms with Crippen LogP contribution in [-0.2, 0) is 30.9 Å². The Labute approximate surface area is 155 Å². The van der Waals surface area contributed by atoms with E-state index in [1.54, 1.807) is 48.6 Å². The maximum atomic E-state index is 12.9. The summed E-state index contributed by atoms with van der Waals surface area (Å²) in [6.07, 6.45) is 3.46. The van der Waals surface area contributed by atoms with Gasteiger partial charge in [0.15, 0.2) is 0 Å². The van der Waals surface area contributed by atoms with E-state index in [0.717, 1.165) is 3.71 Å². The van der Waals surface area contributed by atoms with E-state index in [9.17, 15) is 16.8 Å². The molecule has 0 aliphatic carbocycles. The van der Waals surface area contributed by atoms with Crippen LogP contribution in [0.1, 0.15) is 0 Å². The molecule has 0 saturated heterocycles. The fourth-order valence-electron chi connectivity index (χ4n) is 2.22. The predicted molar refractivity (Wildman–Crippen MR) is 101 cm³/mol. The van der Waals surface area contributed by atoms with E-state index in [0.29, 0.717) is 0 Å². The summed E-state index contributed by atoms with van der Waals surface area (Å²) >= 11 is 0. The van der Waals surface area contributed by atoms with Gasteiger partial charge in [0.25, 0.3) is 20.0 Å².